The Morgan fingerprint density at radius 1 is 1.36 bits per heavy atom. The van der Waals surface area contributed by atoms with Gasteiger partial charge in [0.15, 0.2) is 5.69 Å². The fourth-order valence-corrected chi connectivity index (χ4v) is 2.32. The van der Waals surface area contributed by atoms with Gasteiger partial charge in [-0.3, -0.25) is 0 Å². The number of hydrogen-bond acceptors (Lipinski definition) is 4. The van der Waals surface area contributed by atoms with Crippen LogP contribution >= 0.6 is 15.9 Å². The summed E-state index contributed by atoms with van der Waals surface area (Å²) in [5, 5.41) is 18.8. The normalized spacial score (nSPS) is 13.7. The largest absolute Gasteiger partial charge is 0.487 e. The molecule has 0 amide bonds. The van der Waals surface area contributed by atoms with E-state index in [2.05, 4.69) is 20.9 Å². The molecule has 0 spiro atoms. The highest BCUT2D eigenvalue weighted by atomic mass is 79.9. The van der Waals surface area contributed by atoms with Crippen molar-refractivity contribution in [1.29, 1.82) is 0 Å². The second kappa shape index (κ2) is 7.05. The maximum Gasteiger partial charge on any atom is 0.434 e. The Hall–Kier alpha value is -1.45. The van der Waals surface area contributed by atoms with E-state index in [4.69, 9.17) is 25.5 Å². The molecule has 0 aliphatic carbocycles. The summed E-state index contributed by atoms with van der Waals surface area (Å²) in [5.41, 5.74) is -3.67. The van der Waals surface area contributed by atoms with E-state index in [1.54, 1.807) is 6.92 Å². The summed E-state index contributed by atoms with van der Waals surface area (Å²) in [4.78, 5) is 3.49. The maximum absolute atomic E-state index is 12.9. The van der Waals surface area contributed by atoms with Crippen molar-refractivity contribution in [2.75, 3.05) is 6.61 Å². The summed E-state index contributed by atoms with van der Waals surface area (Å²) in [7, 11) is 10.7. The van der Waals surface area contributed by atoms with Crippen LogP contribution in [0.15, 0.2) is 28.9 Å². The van der Waals surface area contributed by atoms with Crippen molar-refractivity contribution >= 4 is 31.6 Å². The lowest BCUT2D eigenvalue weighted by atomic mass is 9.73. The van der Waals surface area contributed by atoms with Gasteiger partial charge in [-0.2, -0.15) is 13.2 Å². The molecule has 5 nitrogen and oxygen atoms in total. The molecule has 0 fully saturated rings. The van der Waals surface area contributed by atoms with Gasteiger partial charge in [0, 0.05) is 11.8 Å². The fourth-order valence-electron chi connectivity index (χ4n) is 1.98. The second-order valence-electron chi connectivity index (χ2n) is 5.36. The van der Waals surface area contributed by atoms with Crippen LogP contribution < -0.4 is 4.74 Å². The first kappa shape index (κ1) is 19.9. The number of benzene rings is 1. The zero-order valence-corrected chi connectivity index (χ0v) is 14.5. The minimum atomic E-state index is -4.74. The summed E-state index contributed by atoms with van der Waals surface area (Å²) in [6.07, 6.45) is -4.77. The van der Waals surface area contributed by atoms with Gasteiger partial charge in [-0.25, -0.2) is 4.98 Å². The van der Waals surface area contributed by atoms with Crippen molar-refractivity contribution in [3.8, 4) is 17.1 Å². The van der Waals surface area contributed by atoms with Crippen molar-refractivity contribution < 1.29 is 28.1 Å². The van der Waals surface area contributed by atoms with Crippen LogP contribution in [0.2, 0.25) is 0 Å². The SMILES string of the molecule is [B]C([B])(O)n1cc(C(F)(F)F)nc1-c1ccc(Br)c(OC(C)CO)c1. The first-order chi connectivity index (χ1) is 11.4. The van der Waals surface area contributed by atoms with Crippen LogP contribution in [0.5, 0.6) is 5.75 Å². The quantitative estimate of drug-likeness (QED) is 0.734. The molecule has 0 saturated carbocycles. The Morgan fingerprint density at radius 2 is 2.00 bits per heavy atom. The third kappa shape index (κ3) is 4.59. The predicted molar refractivity (Wildman–Crippen MR) is 89.2 cm³/mol. The average Bonchev–Trinajstić information content (AvgIpc) is 2.95. The van der Waals surface area contributed by atoms with E-state index in [1.165, 1.54) is 18.2 Å². The number of aliphatic hydroxyl groups excluding tert-OH is 1. The van der Waals surface area contributed by atoms with Crippen molar-refractivity contribution in [3.63, 3.8) is 0 Å². The lowest BCUT2D eigenvalue weighted by Gasteiger charge is -2.23. The molecule has 25 heavy (non-hydrogen) atoms. The smallest absolute Gasteiger partial charge is 0.434 e. The van der Waals surface area contributed by atoms with Crippen LogP contribution in [0.25, 0.3) is 11.4 Å². The third-order valence-electron chi connectivity index (χ3n) is 3.16. The lowest BCUT2D eigenvalue weighted by Crippen LogP contribution is -2.34. The van der Waals surface area contributed by atoms with E-state index in [0.29, 0.717) is 15.2 Å². The molecule has 2 rings (SSSR count). The highest BCUT2D eigenvalue weighted by Gasteiger charge is 2.36. The van der Waals surface area contributed by atoms with Crippen LogP contribution in [0.4, 0.5) is 13.2 Å². The Morgan fingerprint density at radius 3 is 2.52 bits per heavy atom. The number of aromatic nitrogens is 2. The minimum absolute atomic E-state index is 0.174. The second-order valence-corrected chi connectivity index (χ2v) is 6.21. The molecule has 1 atom stereocenters. The summed E-state index contributed by atoms with van der Waals surface area (Å²) in [5.74, 6) is -0.0337. The van der Waals surface area contributed by atoms with E-state index in [-0.39, 0.29) is 23.7 Å². The first-order valence-corrected chi connectivity index (χ1v) is 7.77. The molecular formula is C14H12B2BrF3N2O3. The average molecular weight is 415 g/mol. The molecule has 2 N–H and O–H groups in total. The zero-order valence-electron chi connectivity index (χ0n) is 13.0. The summed E-state index contributed by atoms with van der Waals surface area (Å²) < 4.78 is 45.4. The van der Waals surface area contributed by atoms with Crippen LogP contribution in [0.1, 0.15) is 12.6 Å². The molecule has 0 aliphatic heterocycles. The van der Waals surface area contributed by atoms with Crippen LogP contribution in [0.3, 0.4) is 0 Å². The number of rotatable bonds is 5. The van der Waals surface area contributed by atoms with Crippen LogP contribution in [-0.4, -0.2) is 48.2 Å². The standard InChI is InChI=1S/C14H12B2BrF3N2O3/c1-7(6-23)25-10-4-8(2-3-9(10)17)12-21-11(13(18,19)20)5-22(12)14(15,16)24/h2-5,7,23-24H,6H2,1H3. The van der Waals surface area contributed by atoms with Crippen LogP contribution in [-0.2, 0) is 11.7 Å². The maximum atomic E-state index is 12.9. The summed E-state index contributed by atoms with van der Waals surface area (Å²) >= 11 is 3.24. The number of halogens is 4. The van der Waals surface area contributed by atoms with Gasteiger partial charge >= 0.3 is 6.18 Å². The van der Waals surface area contributed by atoms with Gasteiger partial charge in [-0.15, -0.1) is 0 Å². The number of hydrogen-bond donors (Lipinski definition) is 2. The highest BCUT2D eigenvalue weighted by Crippen LogP contribution is 2.35. The van der Waals surface area contributed by atoms with E-state index in [0.717, 1.165) is 0 Å². The van der Waals surface area contributed by atoms with E-state index in [1.807, 2.05) is 0 Å². The molecule has 1 heterocycles. The molecule has 1 aromatic heterocycles. The Balaban J connectivity index is 2.57. The summed E-state index contributed by atoms with van der Waals surface area (Å²) in [6.45, 7) is 1.36. The number of ether oxygens (including phenoxy) is 1. The molecule has 11 heteroatoms. The molecule has 0 bridgehead atoms. The third-order valence-corrected chi connectivity index (χ3v) is 3.81. The number of imidazole rings is 1. The van der Waals surface area contributed by atoms with Gasteiger partial charge in [0.05, 0.1) is 16.6 Å². The zero-order chi connectivity index (χ0) is 19.0. The molecular weight excluding hydrogens is 403 g/mol. The minimum Gasteiger partial charge on any atom is -0.487 e. The topological polar surface area (TPSA) is 67.5 Å². The monoisotopic (exact) mass is 414 g/mol. The number of alkyl halides is 3. The van der Waals surface area contributed by atoms with Crippen molar-refractivity contribution in [3.05, 3.63) is 34.6 Å². The Bertz CT molecular complexity index is 763. The molecule has 4 radical (unpaired) electrons. The molecule has 1 unspecified atom stereocenters. The van der Waals surface area contributed by atoms with Gasteiger partial charge < -0.3 is 19.5 Å². The highest BCUT2D eigenvalue weighted by molar-refractivity contribution is 9.10. The predicted octanol–water partition coefficient (Wildman–Crippen LogP) is 1.99. The lowest BCUT2D eigenvalue weighted by molar-refractivity contribution is -0.141. The van der Waals surface area contributed by atoms with Crippen molar-refractivity contribution in [2.24, 2.45) is 0 Å². The van der Waals surface area contributed by atoms with E-state index < -0.39 is 23.5 Å². The molecule has 0 saturated heterocycles. The van der Waals surface area contributed by atoms with Gasteiger partial charge in [0.2, 0.25) is 0 Å². The fraction of sp³-hybridized carbons (Fsp3) is 0.357. The molecule has 1 aromatic carbocycles. The van der Waals surface area contributed by atoms with Gasteiger partial charge in [-0.05, 0) is 41.1 Å². The summed E-state index contributed by atoms with van der Waals surface area (Å²) in [6, 6.07) is 4.36. The first-order valence-electron chi connectivity index (χ1n) is 6.98. The van der Waals surface area contributed by atoms with Gasteiger partial charge in [0.25, 0.3) is 0 Å². The Labute approximate surface area is 152 Å². The number of nitrogens with zero attached hydrogens (tertiary/aromatic N) is 2. The van der Waals surface area contributed by atoms with E-state index >= 15 is 0 Å². The van der Waals surface area contributed by atoms with Crippen LogP contribution in [0, 0.1) is 0 Å². The Kier molecular flexibility index (Phi) is 5.60. The molecule has 2 aromatic rings. The van der Waals surface area contributed by atoms with Gasteiger partial charge in [0.1, 0.15) is 33.4 Å². The van der Waals surface area contributed by atoms with Gasteiger partial charge in [-0.1, -0.05) is 0 Å². The molecule has 0 aliphatic rings. The molecule has 130 valence electrons. The van der Waals surface area contributed by atoms with E-state index in [9.17, 15) is 18.3 Å². The number of aliphatic hydroxyl groups is 2. The van der Waals surface area contributed by atoms with Crippen molar-refractivity contribution in [2.45, 2.75) is 24.7 Å². The van der Waals surface area contributed by atoms with Crippen molar-refractivity contribution in [1.82, 2.24) is 9.55 Å².